The summed E-state index contributed by atoms with van der Waals surface area (Å²) in [4.78, 5) is 22.0. The van der Waals surface area contributed by atoms with Gasteiger partial charge >= 0.3 is 5.97 Å². The number of nitrogens with zero attached hydrogens (tertiary/aromatic N) is 1. The van der Waals surface area contributed by atoms with Crippen LogP contribution in [0.15, 0.2) is 22.0 Å². The summed E-state index contributed by atoms with van der Waals surface area (Å²) < 4.78 is 9.37. The van der Waals surface area contributed by atoms with Crippen molar-refractivity contribution < 1.29 is 19.1 Å². The van der Waals surface area contributed by atoms with Crippen molar-refractivity contribution in [2.75, 3.05) is 6.61 Å². The Morgan fingerprint density at radius 3 is 2.89 bits per heavy atom. The average molecular weight is 272 g/mol. The molecule has 1 rings (SSSR count). The highest BCUT2D eigenvalue weighted by Crippen LogP contribution is 2.26. The summed E-state index contributed by atoms with van der Waals surface area (Å²) in [5, 5.41) is 11.3. The van der Waals surface area contributed by atoms with Gasteiger partial charge in [0.25, 0.3) is 6.47 Å². The highest BCUT2D eigenvalue weighted by molar-refractivity contribution is 6.30. The number of nitrogens with two attached hydrogens (primary N) is 1. The van der Waals surface area contributed by atoms with Gasteiger partial charge in [-0.3, -0.25) is 4.79 Å². The molecule has 96 valence electrons. The van der Waals surface area contributed by atoms with Gasteiger partial charge in [-0.2, -0.15) is 5.26 Å². The highest BCUT2D eigenvalue weighted by Gasteiger charge is 2.32. The molecule has 0 radical (unpaired) electrons. The molecule has 0 saturated heterocycles. The standard InChI is InChI=1S/C10H10ClN3O4/c1-2-17-10(16)6-5(3-12)8(11)14-9(7(6)13)18-4-15/h4,9,14H,2,13H2,1H3/t9-/m0/s1. The first kappa shape index (κ1) is 13.9. The van der Waals surface area contributed by atoms with Crippen LogP contribution in [0.2, 0.25) is 0 Å². The number of halogens is 1. The minimum atomic E-state index is -1.11. The van der Waals surface area contributed by atoms with Gasteiger partial charge in [0.05, 0.1) is 12.3 Å². The van der Waals surface area contributed by atoms with Crippen LogP contribution < -0.4 is 11.1 Å². The van der Waals surface area contributed by atoms with Crippen molar-refractivity contribution in [2.24, 2.45) is 5.73 Å². The van der Waals surface area contributed by atoms with Crippen LogP contribution in [0.3, 0.4) is 0 Å². The molecule has 0 bridgehead atoms. The van der Waals surface area contributed by atoms with Crippen LogP contribution in [0.25, 0.3) is 0 Å². The molecule has 0 aliphatic carbocycles. The maximum atomic E-state index is 11.7. The summed E-state index contributed by atoms with van der Waals surface area (Å²) in [5.41, 5.74) is 5.17. The van der Waals surface area contributed by atoms with Gasteiger partial charge in [-0.1, -0.05) is 11.6 Å². The summed E-state index contributed by atoms with van der Waals surface area (Å²) in [6.07, 6.45) is -1.11. The second-order valence-electron chi connectivity index (χ2n) is 3.11. The largest absolute Gasteiger partial charge is 0.462 e. The van der Waals surface area contributed by atoms with Crippen molar-refractivity contribution in [3.8, 4) is 6.07 Å². The Balaban J connectivity index is 3.25. The van der Waals surface area contributed by atoms with E-state index in [4.69, 9.17) is 27.3 Å². The molecule has 0 spiro atoms. The van der Waals surface area contributed by atoms with Gasteiger partial charge < -0.3 is 20.5 Å². The van der Waals surface area contributed by atoms with E-state index in [0.717, 1.165) is 0 Å². The number of nitrogens with one attached hydrogen (secondary N) is 1. The lowest BCUT2D eigenvalue weighted by Crippen LogP contribution is -2.41. The quantitative estimate of drug-likeness (QED) is 0.415. The molecule has 1 aliphatic heterocycles. The number of ether oxygens (including phenoxy) is 2. The lowest BCUT2D eigenvalue weighted by molar-refractivity contribution is -0.139. The van der Waals surface area contributed by atoms with Crippen LogP contribution in [0, 0.1) is 11.3 Å². The van der Waals surface area contributed by atoms with E-state index in [2.05, 4.69) is 10.1 Å². The molecule has 1 atom stereocenters. The summed E-state index contributed by atoms with van der Waals surface area (Å²) in [7, 11) is 0. The van der Waals surface area contributed by atoms with Gasteiger partial charge in [0, 0.05) is 0 Å². The molecule has 0 aromatic carbocycles. The lowest BCUT2D eigenvalue weighted by Gasteiger charge is -2.25. The molecule has 0 fully saturated rings. The molecular weight excluding hydrogens is 262 g/mol. The van der Waals surface area contributed by atoms with E-state index in [1.54, 1.807) is 13.0 Å². The highest BCUT2D eigenvalue weighted by atomic mass is 35.5. The first-order chi connectivity index (χ1) is 8.56. The van der Waals surface area contributed by atoms with E-state index in [1.807, 2.05) is 0 Å². The smallest absolute Gasteiger partial charge is 0.341 e. The van der Waals surface area contributed by atoms with Crippen LogP contribution in [-0.4, -0.2) is 25.3 Å². The Morgan fingerprint density at radius 1 is 1.72 bits per heavy atom. The zero-order valence-corrected chi connectivity index (χ0v) is 10.2. The molecule has 8 heteroatoms. The van der Waals surface area contributed by atoms with Gasteiger partial charge in [-0.25, -0.2) is 4.79 Å². The van der Waals surface area contributed by atoms with E-state index in [1.165, 1.54) is 0 Å². The Morgan fingerprint density at radius 2 is 2.39 bits per heavy atom. The van der Waals surface area contributed by atoms with E-state index >= 15 is 0 Å². The summed E-state index contributed by atoms with van der Waals surface area (Å²) in [5.74, 6) is -0.800. The number of rotatable bonds is 4. The van der Waals surface area contributed by atoms with E-state index < -0.39 is 12.2 Å². The molecular formula is C10H10ClN3O4. The van der Waals surface area contributed by atoms with Crippen molar-refractivity contribution in [3.05, 3.63) is 22.0 Å². The summed E-state index contributed by atoms with van der Waals surface area (Å²) in [6, 6.07) is 1.74. The van der Waals surface area contributed by atoms with Crippen molar-refractivity contribution in [1.29, 1.82) is 5.26 Å². The molecule has 0 aromatic rings. The summed E-state index contributed by atoms with van der Waals surface area (Å²) in [6.45, 7) is 1.86. The number of hydrogen-bond donors (Lipinski definition) is 2. The molecule has 0 amide bonds. The SMILES string of the molecule is CCOC(=O)C1=C(N)[C@H](OC=O)NC(Cl)=C1C#N. The molecule has 18 heavy (non-hydrogen) atoms. The third kappa shape index (κ3) is 2.55. The Kier molecular flexibility index (Phi) is 4.57. The number of esters is 1. The van der Waals surface area contributed by atoms with Gasteiger partial charge in [0.15, 0.2) is 0 Å². The number of nitriles is 1. The van der Waals surface area contributed by atoms with Gasteiger partial charge in [0.1, 0.15) is 22.4 Å². The second-order valence-corrected chi connectivity index (χ2v) is 3.49. The van der Waals surface area contributed by atoms with Gasteiger partial charge in [0.2, 0.25) is 6.23 Å². The summed E-state index contributed by atoms with van der Waals surface area (Å²) >= 11 is 5.77. The molecule has 0 aromatic heterocycles. The third-order valence-corrected chi connectivity index (χ3v) is 2.38. The number of hydrogen-bond acceptors (Lipinski definition) is 7. The minimum Gasteiger partial charge on any atom is -0.462 e. The maximum absolute atomic E-state index is 11.7. The van der Waals surface area contributed by atoms with Crippen LogP contribution >= 0.6 is 11.6 Å². The van der Waals surface area contributed by atoms with Crippen molar-refractivity contribution >= 4 is 24.0 Å². The Bertz CT molecular complexity index is 478. The molecule has 0 saturated carbocycles. The number of carbonyl (C=O) groups excluding carboxylic acids is 2. The van der Waals surface area contributed by atoms with Crippen LogP contribution in [0.4, 0.5) is 0 Å². The predicted octanol–water partition coefficient (Wildman–Crippen LogP) is -0.161. The lowest BCUT2D eigenvalue weighted by atomic mass is 10.0. The van der Waals surface area contributed by atoms with Crippen molar-refractivity contribution in [3.63, 3.8) is 0 Å². The first-order valence-electron chi connectivity index (χ1n) is 4.89. The molecule has 7 nitrogen and oxygen atoms in total. The van der Waals surface area contributed by atoms with Crippen molar-refractivity contribution in [2.45, 2.75) is 13.2 Å². The number of carbonyl (C=O) groups is 2. The maximum Gasteiger partial charge on any atom is 0.341 e. The minimum absolute atomic E-state index is 0.110. The zero-order valence-electron chi connectivity index (χ0n) is 9.40. The molecule has 1 aliphatic rings. The van der Waals surface area contributed by atoms with E-state index in [0.29, 0.717) is 0 Å². The molecule has 1 heterocycles. The fourth-order valence-electron chi connectivity index (χ4n) is 1.34. The van der Waals surface area contributed by atoms with Crippen LogP contribution in [0.1, 0.15) is 6.92 Å². The monoisotopic (exact) mass is 271 g/mol. The van der Waals surface area contributed by atoms with Crippen molar-refractivity contribution in [1.82, 2.24) is 5.32 Å². The first-order valence-corrected chi connectivity index (χ1v) is 5.27. The Hall–Kier alpha value is -2.20. The third-order valence-electron chi connectivity index (χ3n) is 2.08. The van der Waals surface area contributed by atoms with Crippen LogP contribution in [-0.2, 0) is 19.1 Å². The van der Waals surface area contributed by atoms with Crippen LogP contribution in [0.5, 0.6) is 0 Å². The van der Waals surface area contributed by atoms with E-state index in [9.17, 15) is 9.59 Å². The molecule has 3 N–H and O–H groups in total. The fraction of sp³-hybridized carbons (Fsp3) is 0.300. The Labute approximate surface area is 108 Å². The number of dihydropyridines is 1. The van der Waals surface area contributed by atoms with Gasteiger partial charge in [-0.05, 0) is 6.92 Å². The second kappa shape index (κ2) is 5.93. The predicted molar refractivity (Wildman–Crippen MR) is 60.4 cm³/mol. The molecule has 0 unspecified atom stereocenters. The fourth-order valence-corrected chi connectivity index (χ4v) is 1.58. The normalized spacial score (nSPS) is 18.8. The topological polar surface area (TPSA) is 114 Å². The average Bonchev–Trinajstić information content (AvgIpc) is 2.33. The van der Waals surface area contributed by atoms with E-state index in [-0.39, 0.29) is 35.1 Å². The zero-order chi connectivity index (χ0) is 13.7. The van der Waals surface area contributed by atoms with Gasteiger partial charge in [-0.15, -0.1) is 0 Å².